The van der Waals surface area contributed by atoms with E-state index < -0.39 is 11.7 Å². The molecule has 38 heavy (non-hydrogen) atoms. The van der Waals surface area contributed by atoms with Gasteiger partial charge in [-0.25, -0.2) is 0 Å². The standard InChI is InChI=1S/C35H64O3/c1-5-9-12-15-18-21-24-27-30-33(38-34(36)8-4)35(37,31-28-25-22-19-16-13-10-6-2)32-29-26-23-20-17-14-11-7-3/h18-23,33,37H,5-17,24-32H2,1-4H3/b21-18?,22-19-,23-20?. The Balaban J connectivity index is 5.07. The minimum absolute atomic E-state index is 0.199. The van der Waals surface area contributed by atoms with Crippen molar-refractivity contribution in [3.63, 3.8) is 0 Å². The third kappa shape index (κ3) is 21.6. The first kappa shape index (κ1) is 36.6. The van der Waals surface area contributed by atoms with Gasteiger partial charge < -0.3 is 9.84 Å². The van der Waals surface area contributed by atoms with Gasteiger partial charge in [-0.3, -0.25) is 4.79 Å². The van der Waals surface area contributed by atoms with Crippen LogP contribution in [0.3, 0.4) is 0 Å². The fourth-order valence-corrected chi connectivity index (χ4v) is 4.84. The first-order chi connectivity index (χ1) is 18.5. The maximum absolute atomic E-state index is 12.3. The molecule has 0 aliphatic carbocycles. The Morgan fingerprint density at radius 3 is 1.34 bits per heavy atom. The summed E-state index contributed by atoms with van der Waals surface area (Å²) in [5.74, 6) is -0.199. The lowest BCUT2D eigenvalue weighted by molar-refractivity contribution is -0.168. The molecule has 0 fully saturated rings. The van der Waals surface area contributed by atoms with Crippen molar-refractivity contribution < 1.29 is 14.6 Å². The lowest BCUT2D eigenvalue weighted by atomic mass is 9.83. The van der Waals surface area contributed by atoms with Crippen LogP contribution in [0.25, 0.3) is 0 Å². The molecule has 222 valence electrons. The van der Waals surface area contributed by atoms with Gasteiger partial charge in [0.1, 0.15) is 11.7 Å². The number of ether oxygens (including phenoxy) is 1. The molecule has 1 N–H and O–H groups in total. The molecule has 0 aromatic carbocycles. The molecular weight excluding hydrogens is 468 g/mol. The van der Waals surface area contributed by atoms with Gasteiger partial charge in [-0.1, -0.05) is 103 Å². The zero-order chi connectivity index (χ0) is 28.2. The second kappa shape index (κ2) is 27.2. The quantitative estimate of drug-likeness (QED) is 0.0650. The van der Waals surface area contributed by atoms with Gasteiger partial charge >= 0.3 is 5.97 Å². The molecule has 0 amide bonds. The summed E-state index contributed by atoms with van der Waals surface area (Å²) in [6, 6.07) is 0. The molecule has 0 saturated heterocycles. The summed E-state index contributed by atoms with van der Waals surface area (Å²) < 4.78 is 5.92. The molecule has 0 saturated carbocycles. The van der Waals surface area contributed by atoms with Crippen LogP contribution in [0.5, 0.6) is 0 Å². The van der Waals surface area contributed by atoms with Crippen molar-refractivity contribution in [1.82, 2.24) is 0 Å². The fraction of sp³-hybridized carbons (Fsp3) is 0.800. The summed E-state index contributed by atoms with van der Waals surface area (Å²) in [7, 11) is 0. The molecule has 2 atom stereocenters. The lowest BCUT2D eigenvalue weighted by Gasteiger charge is -2.36. The SMILES string of the molecule is CCCCCC=CCCCC(OC(=O)CC)C(O)(CCCC=CCCCCC)CCC/C=C\CCCCC. The van der Waals surface area contributed by atoms with Gasteiger partial charge in [0.15, 0.2) is 0 Å². The van der Waals surface area contributed by atoms with Crippen molar-refractivity contribution in [2.45, 2.75) is 181 Å². The molecule has 0 aliphatic heterocycles. The van der Waals surface area contributed by atoms with Crippen LogP contribution in [0.1, 0.15) is 169 Å². The van der Waals surface area contributed by atoms with E-state index in [1.54, 1.807) is 0 Å². The smallest absolute Gasteiger partial charge is 0.305 e. The monoisotopic (exact) mass is 532 g/mol. The number of rotatable bonds is 27. The number of allylic oxidation sites excluding steroid dienone is 6. The van der Waals surface area contributed by atoms with Gasteiger partial charge in [-0.15, -0.1) is 0 Å². The maximum atomic E-state index is 12.3. The largest absolute Gasteiger partial charge is 0.459 e. The summed E-state index contributed by atoms with van der Waals surface area (Å²) in [6.45, 7) is 8.54. The molecule has 0 spiro atoms. The van der Waals surface area contributed by atoms with Crippen LogP contribution in [0, 0.1) is 0 Å². The highest BCUT2D eigenvalue weighted by atomic mass is 16.6. The third-order valence-electron chi connectivity index (χ3n) is 7.38. The zero-order valence-corrected chi connectivity index (χ0v) is 25.9. The van der Waals surface area contributed by atoms with Crippen molar-refractivity contribution in [3.8, 4) is 0 Å². The summed E-state index contributed by atoms with van der Waals surface area (Å²) in [5, 5.41) is 11.9. The Kier molecular flexibility index (Phi) is 26.3. The Bertz CT molecular complexity index is 578. The fourth-order valence-electron chi connectivity index (χ4n) is 4.84. The Morgan fingerprint density at radius 1 is 0.605 bits per heavy atom. The molecule has 0 radical (unpaired) electrons. The van der Waals surface area contributed by atoms with E-state index in [2.05, 4.69) is 57.2 Å². The van der Waals surface area contributed by atoms with Crippen LogP contribution in [0.15, 0.2) is 36.5 Å². The third-order valence-corrected chi connectivity index (χ3v) is 7.38. The van der Waals surface area contributed by atoms with Gasteiger partial charge in [0.2, 0.25) is 0 Å². The summed E-state index contributed by atoms with van der Waals surface area (Å²) in [4.78, 5) is 12.3. The first-order valence-electron chi connectivity index (χ1n) is 16.4. The highest BCUT2D eigenvalue weighted by Crippen LogP contribution is 2.31. The maximum Gasteiger partial charge on any atom is 0.305 e. The van der Waals surface area contributed by atoms with E-state index in [1.165, 1.54) is 57.8 Å². The molecule has 0 aromatic heterocycles. The van der Waals surface area contributed by atoms with Crippen LogP contribution < -0.4 is 0 Å². The Morgan fingerprint density at radius 2 is 0.974 bits per heavy atom. The topological polar surface area (TPSA) is 46.5 Å². The molecule has 0 aromatic rings. The normalized spacial score (nSPS) is 14.6. The lowest BCUT2D eigenvalue weighted by Crippen LogP contribution is -2.45. The molecule has 0 bridgehead atoms. The molecule has 0 heterocycles. The van der Waals surface area contributed by atoms with Crippen molar-refractivity contribution in [2.24, 2.45) is 0 Å². The van der Waals surface area contributed by atoms with E-state index in [1.807, 2.05) is 6.92 Å². The van der Waals surface area contributed by atoms with E-state index in [0.717, 1.165) is 64.2 Å². The highest BCUT2D eigenvalue weighted by molar-refractivity contribution is 5.69. The van der Waals surface area contributed by atoms with Crippen LogP contribution in [0.2, 0.25) is 0 Å². The van der Waals surface area contributed by atoms with Crippen LogP contribution >= 0.6 is 0 Å². The second-order valence-electron chi connectivity index (χ2n) is 11.1. The molecule has 0 aliphatic rings. The van der Waals surface area contributed by atoms with Crippen molar-refractivity contribution in [3.05, 3.63) is 36.5 Å². The highest BCUT2D eigenvalue weighted by Gasteiger charge is 2.37. The van der Waals surface area contributed by atoms with Crippen molar-refractivity contribution >= 4 is 5.97 Å². The number of carbonyl (C=O) groups is 1. The predicted molar refractivity (Wildman–Crippen MR) is 167 cm³/mol. The number of hydrogen-bond donors (Lipinski definition) is 1. The molecule has 0 rings (SSSR count). The van der Waals surface area contributed by atoms with Gasteiger partial charge in [-0.05, 0) is 96.3 Å². The minimum atomic E-state index is -0.957. The zero-order valence-electron chi connectivity index (χ0n) is 25.9. The van der Waals surface area contributed by atoms with Crippen LogP contribution in [-0.2, 0) is 9.53 Å². The van der Waals surface area contributed by atoms with Crippen LogP contribution in [0.4, 0.5) is 0 Å². The molecule has 3 nitrogen and oxygen atoms in total. The van der Waals surface area contributed by atoms with E-state index in [4.69, 9.17) is 4.74 Å². The van der Waals surface area contributed by atoms with Crippen molar-refractivity contribution in [1.29, 1.82) is 0 Å². The van der Waals surface area contributed by atoms with Gasteiger partial charge in [0, 0.05) is 6.42 Å². The average molecular weight is 533 g/mol. The summed E-state index contributed by atoms with van der Waals surface area (Å²) in [5.41, 5.74) is -0.957. The van der Waals surface area contributed by atoms with Gasteiger partial charge in [0.05, 0.1) is 0 Å². The summed E-state index contributed by atoms with van der Waals surface area (Å²) in [6.07, 6.45) is 36.2. The summed E-state index contributed by atoms with van der Waals surface area (Å²) >= 11 is 0. The van der Waals surface area contributed by atoms with E-state index in [0.29, 0.717) is 19.3 Å². The number of carbonyl (C=O) groups excluding carboxylic acids is 1. The molecule has 3 heteroatoms. The molecule has 2 unspecified atom stereocenters. The number of hydrogen-bond acceptors (Lipinski definition) is 3. The number of unbranched alkanes of at least 4 members (excludes halogenated alkanes) is 12. The van der Waals surface area contributed by atoms with E-state index in [9.17, 15) is 9.90 Å². The number of aliphatic hydroxyl groups is 1. The first-order valence-corrected chi connectivity index (χ1v) is 16.4. The molecular formula is C35H64O3. The minimum Gasteiger partial charge on any atom is -0.459 e. The Hall–Kier alpha value is -1.35. The van der Waals surface area contributed by atoms with Crippen molar-refractivity contribution in [2.75, 3.05) is 0 Å². The average Bonchev–Trinajstić information content (AvgIpc) is 2.92. The predicted octanol–water partition coefficient (Wildman–Crippen LogP) is 11.0. The number of esters is 1. The second-order valence-corrected chi connectivity index (χ2v) is 11.1. The van der Waals surface area contributed by atoms with E-state index >= 15 is 0 Å². The Labute approximate surface area is 237 Å². The van der Waals surface area contributed by atoms with E-state index in [-0.39, 0.29) is 5.97 Å². The van der Waals surface area contributed by atoms with Gasteiger partial charge in [0.25, 0.3) is 0 Å². The van der Waals surface area contributed by atoms with Gasteiger partial charge in [-0.2, -0.15) is 0 Å². The van der Waals surface area contributed by atoms with Crippen LogP contribution in [-0.4, -0.2) is 22.8 Å².